The number of aromatic nitrogens is 2. The predicted molar refractivity (Wildman–Crippen MR) is 92.0 cm³/mol. The highest BCUT2D eigenvalue weighted by Crippen LogP contribution is 2.29. The lowest BCUT2D eigenvalue weighted by molar-refractivity contribution is 0.0929. The quantitative estimate of drug-likeness (QED) is 0.762. The standard InChI is InChI=1S/C19H17N3O2/c23-18(17-14-9-3-4-10-16(14)21-19(24)22-17)20-15-11-5-7-12-6-1-2-8-13(12)15/h1-4,6,8-10,15H,5,7,11H2,(H,20,23)(H,21,22,24). The Morgan fingerprint density at radius 1 is 1.12 bits per heavy atom. The van der Waals surface area contributed by atoms with Crippen molar-refractivity contribution in [3.63, 3.8) is 0 Å². The third-order valence-electron chi connectivity index (χ3n) is 4.53. The predicted octanol–water partition coefficient (Wildman–Crippen LogP) is 2.73. The summed E-state index contributed by atoms with van der Waals surface area (Å²) in [6, 6.07) is 15.3. The summed E-state index contributed by atoms with van der Waals surface area (Å²) in [6.45, 7) is 0. The van der Waals surface area contributed by atoms with E-state index in [2.05, 4.69) is 27.4 Å². The highest BCUT2D eigenvalue weighted by molar-refractivity contribution is 6.04. The van der Waals surface area contributed by atoms with Gasteiger partial charge in [0, 0.05) is 5.39 Å². The van der Waals surface area contributed by atoms with E-state index in [1.54, 1.807) is 12.1 Å². The lowest BCUT2D eigenvalue weighted by Gasteiger charge is -2.26. The molecule has 0 spiro atoms. The van der Waals surface area contributed by atoms with E-state index in [1.807, 2.05) is 24.3 Å². The van der Waals surface area contributed by atoms with E-state index in [0.29, 0.717) is 10.9 Å². The van der Waals surface area contributed by atoms with Crippen LogP contribution < -0.4 is 11.0 Å². The van der Waals surface area contributed by atoms with Crippen LogP contribution in [-0.4, -0.2) is 15.9 Å². The molecule has 0 aliphatic heterocycles. The molecule has 0 saturated heterocycles. The van der Waals surface area contributed by atoms with Crippen LogP contribution >= 0.6 is 0 Å². The molecule has 0 fully saturated rings. The molecule has 120 valence electrons. The molecule has 1 aromatic heterocycles. The number of aryl methyl sites for hydroxylation is 1. The molecule has 1 amide bonds. The van der Waals surface area contributed by atoms with Crippen molar-refractivity contribution in [2.45, 2.75) is 25.3 Å². The van der Waals surface area contributed by atoms with Gasteiger partial charge in [0.25, 0.3) is 5.91 Å². The maximum Gasteiger partial charge on any atom is 0.346 e. The number of H-pyrrole nitrogens is 1. The van der Waals surface area contributed by atoms with Gasteiger partial charge in [0.15, 0.2) is 0 Å². The Balaban J connectivity index is 1.70. The fourth-order valence-corrected chi connectivity index (χ4v) is 3.41. The number of aromatic amines is 1. The summed E-state index contributed by atoms with van der Waals surface area (Å²) in [5, 5.41) is 3.71. The average molecular weight is 319 g/mol. The topological polar surface area (TPSA) is 74.8 Å². The molecule has 2 N–H and O–H groups in total. The van der Waals surface area contributed by atoms with E-state index < -0.39 is 5.69 Å². The molecule has 5 nitrogen and oxygen atoms in total. The van der Waals surface area contributed by atoms with Crippen LogP contribution in [0.25, 0.3) is 10.9 Å². The lowest BCUT2D eigenvalue weighted by Crippen LogP contribution is -2.33. The van der Waals surface area contributed by atoms with E-state index in [0.717, 1.165) is 24.8 Å². The van der Waals surface area contributed by atoms with Crippen LogP contribution in [-0.2, 0) is 6.42 Å². The third kappa shape index (κ3) is 2.58. The number of benzene rings is 2. The Kier molecular flexibility index (Phi) is 3.61. The number of amides is 1. The van der Waals surface area contributed by atoms with Gasteiger partial charge in [-0.3, -0.25) is 4.79 Å². The van der Waals surface area contributed by atoms with Gasteiger partial charge in [-0.05, 0) is 36.5 Å². The van der Waals surface area contributed by atoms with E-state index in [1.165, 1.54) is 5.56 Å². The second kappa shape index (κ2) is 5.92. The zero-order valence-corrected chi connectivity index (χ0v) is 13.1. The van der Waals surface area contributed by atoms with Crippen molar-refractivity contribution >= 4 is 16.8 Å². The fourth-order valence-electron chi connectivity index (χ4n) is 3.41. The van der Waals surface area contributed by atoms with Gasteiger partial charge < -0.3 is 10.3 Å². The summed E-state index contributed by atoms with van der Waals surface area (Å²) in [5.74, 6) is -0.306. The molecule has 5 heteroatoms. The number of carbonyl (C=O) groups is 1. The van der Waals surface area contributed by atoms with E-state index in [9.17, 15) is 9.59 Å². The van der Waals surface area contributed by atoms with Crippen LogP contribution in [0.4, 0.5) is 0 Å². The van der Waals surface area contributed by atoms with Crippen LogP contribution in [0.3, 0.4) is 0 Å². The minimum absolute atomic E-state index is 0.0395. The van der Waals surface area contributed by atoms with Crippen molar-refractivity contribution < 1.29 is 4.79 Å². The first-order valence-electron chi connectivity index (χ1n) is 8.10. The van der Waals surface area contributed by atoms with Gasteiger partial charge in [0.2, 0.25) is 0 Å². The molecule has 24 heavy (non-hydrogen) atoms. The molecular weight excluding hydrogens is 302 g/mol. The smallest absolute Gasteiger partial charge is 0.344 e. The maximum absolute atomic E-state index is 12.8. The normalized spacial score (nSPS) is 16.6. The highest BCUT2D eigenvalue weighted by atomic mass is 16.2. The van der Waals surface area contributed by atoms with Gasteiger partial charge in [0.05, 0.1) is 11.6 Å². The summed E-state index contributed by atoms with van der Waals surface area (Å²) >= 11 is 0. The summed E-state index contributed by atoms with van der Waals surface area (Å²) in [5.41, 5.74) is 2.72. The van der Waals surface area contributed by atoms with E-state index >= 15 is 0 Å². The molecule has 2 aromatic carbocycles. The molecular formula is C19H17N3O2. The number of hydrogen-bond donors (Lipinski definition) is 2. The highest BCUT2D eigenvalue weighted by Gasteiger charge is 2.23. The molecule has 1 aliphatic carbocycles. The molecule has 0 radical (unpaired) electrons. The van der Waals surface area contributed by atoms with Crippen molar-refractivity contribution in [1.29, 1.82) is 0 Å². The summed E-state index contributed by atoms with van der Waals surface area (Å²) < 4.78 is 0. The van der Waals surface area contributed by atoms with E-state index in [4.69, 9.17) is 0 Å². The van der Waals surface area contributed by atoms with E-state index in [-0.39, 0.29) is 17.6 Å². The Morgan fingerprint density at radius 3 is 2.83 bits per heavy atom. The minimum Gasteiger partial charge on any atom is -0.344 e. The largest absolute Gasteiger partial charge is 0.346 e. The molecule has 1 aliphatic rings. The van der Waals surface area contributed by atoms with Crippen LogP contribution in [0, 0.1) is 0 Å². The summed E-state index contributed by atoms with van der Waals surface area (Å²) in [7, 11) is 0. The first-order chi connectivity index (χ1) is 11.7. The van der Waals surface area contributed by atoms with Crippen LogP contribution in [0.5, 0.6) is 0 Å². The molecule has 1 unspecified atom stereocenters. The van der Waals surface area contributed by atoms with Gasteiger partial charge >= 0.3 is 5.69 Å². The maximum atomic E-state index is 12.8. The Bertz CT molecular complexity index is 978. The number of carbonyl (C=O) groups excluding carboxylic acids is 1. The number of rotatable bonds is 2. The Labute approximate surface area is 138 Å². The first kappa shape index (κ1) is 14.6. The van der Waals surface area contributed by atoms with Gasteiger partial charge in [-0.2, -0.15) is 4.98 Å². The zero-order chi connectivity index (χ0) is 16.5. The number of para-hydroxylation sites is 1. The summed E-state index contributed by atoms with van der Waals surface area (Å²) in [4.78, 5) is 31.1. The number of nitrogens with one attached hydrogen (secondary N) is 2. The molecule has 0 bridgehead atoms. The minimum atomic E-state index is -0.511. The molecule has 0 saturated carbocycles. The van der Waals surface area contributed by atoms with Crippen molar-refractivity contribution in [3.8, 4) is 0 Å². The lowest BCUT2D eigenvalue weighted by atomic mass is 9.87. The summed E-state index contributed by atoms with van der Waals surface area (Å²) in [6.07, 6.45) is 2.96. The third-order valence-corrected chi connectivity index (χ3v) is 4.53. The molecule has 4 rings (SSSR count). The number of hydrogen-bond acceptors (Lipinski definition) is 3. The average Bonchev–Trinajstić information content (AvgIpc) is 2.61. The van der Waals surface area contributed by atoms with Crippen LogP contribution in [0.1, 0.15) is 40.5 Å². The van der Waals surface area contributed by atoms with Crippen molar-refractivity contribution in [3.05, 3.63) is 75.8 Å². The van der Waals surface area contributed by atoms with Gasteiger partial charge in [-0.1, -0.05) is 42.5 Å². The Morgan fingerprint density at radius 2 is 1.92 bits per heavy atom. The first-order valence-corrected chi connectivity index (χ1v) is 8.10. The van der Waals surface area contributed by atoms with Gasteiger partial charge in [-0.25, -0.2) is 4.79 Å². The zero-order valence-electron chi connectivity index (χ0n) is 13.1. The van der Waals surface area contributed by atoms with Crippen LogP contribution in [0.2, 0.25) is 0 Å². The SMILES string of the molecule is O=C(NC1CCCc2ccccc21)c1nc(=O)[nH]c2ccccc12. The Hall–Kier alpha value is -2.95. The molecule has 3 aromatic rings. The second-order valence-electron chi connectivity index (χ2n) is 6.05. The van der Waals surface area contributed by atoms with Crippen LogP contribution in [0.15, 0.2) is 53.3 Å². The number of fused-ring (bicyclic) bond motifs is 2. The fraction of sp³-hybridized carbons (Fsp3) is 0.211. The van der Waals surface area contributed by atoms with Gasteiger partial charge in [-0.15, -0.1) is 0 Å². The molecule has 1 heterocycles. The second-order valence-corrected chi connectivity index (χ2v) is 6.05. The molecule has 1 atom stereocenters. The monoisotopic (exact) mass is 319 g/mol. The van der Waals surface area contributed by atoms with Crippen molar-refractivity contribution in [1.82, 2.24) is 15.3 Å². The number of nitrogens with zero attached hydrogens (tertiary/aromatic N) is 1. The van der Waals surface area contributed by atoms with Crippen molar-refractivity contribution in [2.75, 3.05) is 0 Å². The van der Waals surface area contributed by atoms with Gasteiger partial charge in [0.1, 0.15) is 5.69 Å². The van der Waals surface area contributed by atoms with Crippen molar-refractivity contribution in [2.24, 2.45) is 0 Å².